The molecule has 14 heavy (non-hydrogen) atoms. The quantitative estimate of drug-likeness (QED) is 0.617. The van der Waals surface area contributed by atoms with E-state index in [1.165, 1.54) is 19.2 Å². The Balaban J connectivity index is 3.56. The topological polar surface area (TPSA) is 46.2 Å². The van der Waals surface area contributed by atoms with E-state index in [9.17, 15) is 12.8 Å². The number of benzene rings is 1. The van der Waals surface area contributed by atoms with Gasteiger partial charge in [0.2, 0.25) is 10.0 Å². The van der Waals surface area contributed by atoms with Crippen molar-refractivity contribution in [2.45, 2.75) is 4.90 Å². The fourth-order valence-corrected chi connectivity index (χ4v) is 3.48. The molecular weight excluding hydrogens is 388 g/mol. The average Bonchev–Trinajstić information content (AvgIpc) is 2.12. The van der Waals surface area contributed by atoms with Crippen molar-refractivity contribution in [1.29, 1.82) is 0 Å². The second kappa shape index (κ2) is 4.42. The molecule has 0 unspecified atom stereocenters. The van der Waals surface area contributed by atoms with Crippen LogP contribution in [0.5, 0.6) is 0 Å². The van der Waals surface area contributed by atoms with Crippen LogP contribution < -0.4 is 4.72 Å². The van der Waals surface area contributed by atoms with Gasteiger partial charge in [0.25, 0.3) is 0 Å². The lowest BCUT2D eigenvalue weighted by Crippen LogP contribution is -2.21. The van der Waals surface area contributed by atoms with Crippen LogP contribution in [-0.4, -0.2) is 15.5 Å². The van der Waals surface area contributed by atoms with Gasteiger partial charge in [-0.1, -0.05) is 0 Å². The standard InChI is InChI=1S/C7H6BrFINO2S/c1-11-14(12,13)7-5(10)3-2-4(8)6(7)9/h2-3,11H,1H3. The van der Waals surface area contributed by atoms with E-state index in [1.54, 1.807) is 22.6 Å². The van der Waals surface area contributed by atoms with Crippen LogP contribution in [0.3, 0.4) is 0 Å². The third-order valence-corrected chi connectivity index (χ3v) is 4.89. The molecule has 1 N–H and O–H groups in total. The van der Waals surface area contributed by atoms with Gasteiger partial charge in [0.15, 0.2) is 5.82 Å². The Morgan fingerprint density at radius 2 is 2.07 bits per heavy atom. The van der Waals surface area contributed by atoms with E-state index in [4.69, 9.17) is 0 Å². The summed E-state index contributed by atoms with van der Waals surface area (Å²) in [6.45, 7) is 0. The van der Waals surface area contributed by atoms with E-state index in [2.05, 4.69) is 20.7 Å². The molecule has 1 aromatic carbocycles. The minimum Gasteiger partial charge on any atom is -0.214 e. The highest BCUT2D eigenvalue weighted by Crippen LogP contribution is 2.26. The molecular formula is C7H6BrFINO2S. The molecule has 0 aromatic heterocycles. The summed E-state index contributed by atoms with van der Waals surface area (Å²) in [5.74, 6) is -0.772. The van der Waals surface area contributed by atoms with Crippen molar-refractivity contribution in [2.24, 2.45) is 0 Å². The van der Waals surface area contributed by atoms with Crippen molar-refractivity contribution in [1.82, 2.24) is 4.72 Å². The molecule has 0 aliphatic heterocycles. The van der Waals surface area contributed by atoms with Crippen LogP contribution in [-0.2, 0) is 10.0 Å². The molecule has 1 aromatic rings. The van der Waals surface area contributed by atoms with Crippen LogP contribution in [0.15, 0.2) is 21.5 Å². The fraction of sp³-hybridized carbons (Fsp3) is 0.143. The molecule has 0 saturated heterocycles. The molecule has 0 spiro atoms. The summed E-state index contributed by atoms with van der Waals surface area (Å²) < 4.78 is 38.9. The van der Waals surface area contributed by atoms with Crippen LogP contribution in [0.4, 0.5) is 4.39 Å². The van der Waals surface area contributed by atoms with Gasteiger partial charge >= 0.3 is 0 Å². The van der Waals surface area contributed by atoms with Crippen molar-refractivity contribution in [3.63, 3.8) is 0 Å². The molecule has 0 atom stereocenters. The highest BCUT2D eigenvalue weighted by Gasteiger charge is 2.22. The molecule has 0 bridgehead atoms. The Kier molecular flexibility index (Phi) is 3.89. The van der Waals surface area contributed by atoms with Crippen LogP contribution >= 0.6 is 38.5 Å². The van der Waals surface area contributed by atoms with E-state index >= 15 is 0 Å². The van der Waals surface area contributed by atoms with Crippen molar-refractivity contribution in [2.75, 3.05) is 7.05 Å². The first-order chi connectivity index (χ1) is 6.40. The van der Waals surface area contributed by atoms with Gasteiger partial charge in [-0.15, -0.1) is 0 Å². The SMILES string of the molecule is CNS(=O)(=O)c1c(I)ccc(Br)c1F. The molecule has 1 rings (SSSR count). The number of rotatable bonds is 2. The maximum atomic E-state index is 13.5. The van der Waals surface area contributed by atoms with Crippen molar-refractivity contribution in [3.8, 4) is 0 Å². The second-order valence-corrected chi connectivity index (χ2v) is 6.22. The first kappa shape index (κ1) is 12.3. The summed E-state index contributed by atoms with van der Waals surface area (Å²) in [5.41, 5.74) is 0. The van der Waals surface area contributed by atoms with Gasteiger partial charge in [-0.3, -0.25) is 0 Å². The van der Waals surface area contributed by atoms with Crippen LogP contribution in [0.1, 0.15) is 0 Å². The Labute approximate surface area is 103 Å². The van der Waals surface area contributed by atoms with E-state index in [0.29, 0.717) is 3.57 Å². The highest BCUT2D eigenvalue weighted by atomic mass is 127. The van der Waals surface area contributed by atoms with E-state index in [1.807, 2.05) is 0 Å². The Morgan fingerprint density at radius 1 is 1.50 bits per heavy atom. The molecule has 0 amide bonds. The molecule has 0 aliphatic carbocycles. The summed E-state index contributed by atoms with van der Waals surface area (Å²) in [4.78, 5) is -0.324. The first-order valence-electron chi connectivity index (χ1n) is 3.47. The number of hydrogen-bond donors (Lipinski definition) is 1. The maximum absolute atomic E-state index is 13.5. The van der Waals surface area contributed by atoms with Gasteiger partial charge in [0.05, 0.1) is 4.47 Å². The minimum atomic E-state index is -3.74. The highest BCUT2D eigenvalue weighted by molar-refractivity contribution is 14.1. The number of halogens is 3. The average molecular weight is 394 g/mol. The Hall–Kier alpha value is 0.270. The van der Waals surface area contributed by atoms with Gasteiger partial charge in [-0.05, 0) is 57.7 Å². The van der Waals surface area contributed by atoms with Crippen molar-refractivity contribution in [3.05, 3.63) is 26.0 Å². The third kappa shape index (κ3) is 2.26. The summed E-state index contributed by atoms with van der Waals surface area (Å²) in [6.07, 6.45) is 0. The van der Waals surface area contributed by atoms with Crippen LogP contribution in [0.2, 0.25) is 0 Å². The lowest BCUT2D eigenvalue weighted by molar-refractivity contribution is 0.556. The largest absolute Gasteiger partial charge is 0.244 e. The maximum Gasteiger partial charge on any atom is 0.244 e. The molecule has 0 heterocycles. The number of sulfonamides is 1. The van der Waals surface area contributed by atoms with Crippen LogP contribution in [0.25, 0.3) is 0 Å². The predicted molar refractivity (Wildman–Crippen MR) is 63.1 cm³/mol. The summed E-state index contributed by atoms with van der Waals surface area (Å²) >= 11 is 4.70. The van der Waals surface area contributed by atoms with Crippen LogP contribution in [0, 0.1) is 9.39 Å². The van der Waals surface area contributed by atoms with E-state index in [0.717, 1.165) is 0 Å². The van der Waals surface area contributed by atoms with Crippen molar-refractivity contribution >= 4 is 48.5 Å². The normalized spacial score (nSPS) is 11.7. The number of hydrogen-bond acceptors (Lipinski definition) is 2. The van der Waals surface area contributed by atoms with Gasteiger partial charge in [-0.2, -0.15) is 0 Å². The zero-order valence-electron chi connectivity index (χ0n) is 7.01. The van der Waals surface area contributed by atoms with Gasteiger partial charge < -0.3 is 0 Å². The first-order valence-corrected chi connectivity index (χ1v) is 6.82. The minimum absolute atomic E-state index is 0.131. The van der Waals surface area contributed by atoms with E-state index in [-0.39, 0.29) is 9.37 Å². The number of nitrogens with one attached hydrogen (secondary N) is 1. The molecule has 7 heteroatoms. The predicted octanol–water partition coefficient (Wildman–Crippen LogP) is 2.10. The molecule has 78 valence electrons. The van der Waals surface area contributed by atoms with Gasteiger partial charge in [0.1, 0.15) is 4.90 Å². The lowest BCUT2D eigenvalue weighted by atomic mass is 10.3. The van der Waals surface area contributed by atoms with Crippen molar-refractivity contribution < 1.29 is 12.8 Å². The smallest absolute Gasteiger partial charge is 0.214 e. The molecule has 0 saturated carbocycles. The third-order valence-electron chi connectivity index (χ3n) is 1.54. The zero-order valence-corrected chi connectivity index (χ0v) is 11.6. The van der Waals surface area contributed by atoms with E-state index < -0.39 is 15.8 Å². The zero-order chi connectivity index (χ0) is 10.9. The Morgan fingerprint density at radius 3 is 2.57 bits per heavy atom. The summed E-state index contributed by atoms with van der Waals surface area (Å²) in [7, 11) is -2.50. The molecule has 0 fully saturated rings. The van der Waals surface area contributed by atoms with Gasteiger partial charge in [-0.25, -0.2) is 17.5 Å². The fourth-order valence-electron chi connectivity index (χ4n) is 0.857. The molecule has 3 nitrogen and oxygen atoms in total. The summed E-state index contributed by atoms with van der Waals surface area (Å²) in [5, 5.41) is 0. The van der Waals surface area contributed by atoms with Gasteiger partial charge in [0, 0.05) is 3.57 Å². The Bertz CT molecular complexity index is 463. The second-order valence-electron chi connectivity index (χ2n) is 2.38. The molecule has 0 radical (unpaired) electrons. The molecule has 0 aliphatic rings. The monoisotopic (exact) mass is 393 g/mol. The summed E-state index contributed by atoms with van der Waals surface area (Å²) in [6, 6.07) is 2.99. The lowest BCUT2D eigenvalue weighted by Gasteiger charge is -2.07.